The molecule has 3 saturated heterocycles. The van der Waals surface area contributed by atoms with Gasteiger partial charge in [-0.3, -0.25) is 4.79 Å². The van der Waals surface area contributed by atoms with Crippen molar-refractivity contribution in [2.45, 2.75) is 116 Å². The highest BCUT2D eigenvalue weighted by atomic mass is 16.9. The van der Waals surface area contributed by atoms with E-state index in [1.807, 2.05) is 34.6 Å². The van der Waals surface area contributed by atoms with E-state index < -0.39 is 60.3 Å². The first-order valence-electron chi connectivity index (χ1n) is 12.1. The Hall–Kier alpha value is -1.72. The van der Waals surface area contributed by atoms with Gasteiger partial charge < -0.3 is 38.5 Å². The molecule has 2 unspecified atom stereocenters. The summed E-state index contributed by atoms with van der Waals surface area (Å²) < 4.78 is 41.2. The van der Waals surface area contributed by atoms with Gasteiger partial charge in [-0.25, -0.2) is 4.79 Å². The average Bonchev–Trinajstić information content (AvgIpc) is 3.21. The quantitative estimate of drug-likeness (QED) is 0.366. The summed E-state index contributed by atoms with van der Waals surface area (Å²) >= 11 is 0. The molecule has 0 saturated carbocycles. The molecule has 3 fully saturated rings. The Morgan fingerprint density at radius 3 is 2.18 bits per heavy atom. The number of nitrogens with one attached hydrogen (secondary N) is 1. The van der Waals surface area contributed by atoms with Gasteiger partial charge in [-0.2, -0.15) is 0 Å². The predicted molar refractivity (Wildman–Crippen MR) is 120 cm³/mol. The Labute approximate surface area is 201 Å². The first-order chi connectivity index (χ1) is 16.0. The molecule has 0 bridgehead atoms. The zero-order chi connectivity index (χ0) is 25.1. The van der Waals surface area contributed by atoms with Crippen LogP contribution in [0.3, 0.4) is 0 Å². The van der Waals surface area contributed by atoms with Gasteiger partial charge >= 0.3 is 11.9 Å². The lowest BCUT2D eigenvalue weighted by Crippen LogP contribution is -2.61. The molecule has 0 spiro atoms. The number of esters is 2. The van der Waals surface area contributed by atoms with Crippen molar-refractivity contribution in [3.63, 3.8) is 0 Å². The van der Waals surface area contributed by atoms with E-state index in [0.29, 0.717) is 12.1 Å². The molecule has 34 heavy (non-hydrogen) atoms. The topological polar surface area (TPSA) is 111 Å². The third kappa shape index (κ3) is 6.48. The molecule has 10 nitrogen and oxygen atoms in total. The van der Waals surface area contributed by atoms with E-state index >= 15 is 0 Å². The van der Waals surface area contributed by atoms with Gasteiger partial charge in [-0.05, 0) is 48.0 Å². The highest BCUT2D eigenvalue weighted by molar-refractivity contribution is 5.82. The van der Waals surface area contributed by atoms with Gasteiger partial charge in [0.15, 0.2) is 17.9 Å². The van der Waals surface area contributed by atoms with Crippen molar-refractivity contribution in [1.82, 2.24) is 5.32 Å². The Morgan fingerprint density at radius 1 is 0.912 bits per heavy atom. The predicted octanol–water partition coefficient (Wildman–Crippen LogP) is 2.54. The molecule has 3 aliphatic heterocycles. The third-order valence-corrected chi connectivity index (χ3v) is 5.75. The number of fused-ring (bicyclic) bond motifs is 3. The van der Waals surface area contributed by atoms with Crippen LogP contribution in [0.2, 0.25) is 0 Å². The largest absolute Gasteiger partial charge is 0.466 e. The van der Waals surface area contributed by atoms with Crippen molar-refractivity contribution >= 4 is 11.9 Å². The van der Waals surface area contributed by atoms with Crippen LogP contribution in [-0.4, -0.2) is 73.5 Å². The zero-order valence-corrected chi connectivity index (χ0v) is 21.3. The summed E-state index contributed by atoms with van der Waals surface area (Å²) in [6.45, 7) is 13.3. The zero-order valence-electron chi connectivity index (χ0n) is 21.3. The third-order valence-electron chi connectivity index (χ3n) is 5.75. The molecule has 6 atom stereocenters. The van der Waals surface area contributed by atoms with Crippen molar-refractivity contribution in [2.24, 2.45) is 0 Å². The molecular weight excluding hydrogens is 446 g/mol. The Morgan fingerprint density at radius 2 is 1.53 bits per heavy atom. The van der Waals surface area contributed by atoms with Crippen LogP contribution in [0.25, 0.3) is 0 Å². The van der Waals surface area contributed by atoms with Crippen molar-refractivity contribution in [3.8, 4) is 0 Å². The van der Waals surface area contributed by atoms with Gasteiger partial charge in [0.05, 0.1) is 25.7 Å². The monoisotopic (exact) mass is 485 g/mol. The summed E-state index contributed by atoms with van der Waals surface area (Å²) in [5.74, 6) is -2.57. The molecule has 0 aromatic carbocycles. The lowest BCUT2D eigenvalue weighted by Gasteiger charge is -2.41. The van der Waals surface area contributed by atoms with Gasteiger partial charge in [0.25, 0.3) is 0 Å². The summed E-state index contributed by atoms with van der Waals surface area (Å²) in [6.07, 6.45) is -0.0376. The number of hydrogen-bond donors (Lipinski definition) is 1. The summed E-state index contributed by atoms with van der Waals surface area (Å²) in [5.41, 5.74) is 0.639. The second kappa shape index (κ2) is 10.9. The summed E-state index contributed by atoms with van der Waals surface area (Å²) in [6, 6.07) is -0.579. The van der Waals surface area contributed by atoms with E-state index in [1.165, 1.54) is 6.08 Å². The lowest BCUT2D eigenvalue weighted by molar-refractivity contribution is -0.240. The molecule has 1 N–H and O–H groups in total. The smallest absolute Gasteiger partial charge is 0.332 e. The molecule has 194 valence electrons. The molecule has 0 radical (unpaired) electrons. The first-order valence-corrected chi connectivity index (χ1v) is 12.1. The SMILES string of the molecule is CCC/C(=C\C(=O)OCC)NC(CC(=O)OCC)C1O[C@@H]2OC(C)(C)O[C@@H]2[C@H]2OC(C)(C)O[C@@H]12. The van der Waals surface area contributed by atoms with E-state index in [2.05, 4.69) is 5.32 Å². The van der Waals surface area contributed by atoms with Gasteiger partial charge in [0.1, 0.15) is 24.4 Å². The molecule has 0 aromatic rings. The lowest BCUT2D eigenvalue weighted by atomic mass is 9.92. The minimum atomic E-state index is -0.872. The number of rotatable bonds is 10. The van der Waals surface area contributed by atoms with Crippen LogP contribution in [-0.2, 0) is 42.7 Å². The van der Waals surface area contributed by atoms with Crippen LogP contribution >= 0.6 is 0 Å². The number of carbonyl (C=O) groups is 2. The van der Waals surface area contributed by atoms with E-state index in [0.717, 1.165) is 6.42 Å². The van der Waals surface area contributed by atoms with Crippen molar-refractivity contribution in [2.75, 3.05) is 13.2 Å². The van der Waals surface area contributed by atoms with Gasteiger partial charge in [-0.1, -0.05) is 13.3 Å². The van der Waals surface area contributed by atoms with E-state index in [4.69, 9.17) is 33.2 Å². The second-order valence-electron chi connectivity index (χ2n) is 9.57. The van der Waals surface area contributed by atoms with Crippen LogP contribution in [0.5, 0.6) is 0 Å². The number of carbonyl (C=O) groups excluding carboxylic acids is 2. The number of allylic oxidation sites excluding steroid dienone is 1. The van der Waals surface area contributed by atoms with Crippen molar-refractivity contribution in [3.05, 3.63) is 11.8 Å². The number of hydrogen-bond acceptors (Lipinski definition) is 10. The van der Waals surface area contributed by atoms with Crippen LogP contribution < -0.4 is 5.32 Å². The van der Waals surface area contributed by atoms with Gasteiger partial charge in [0.2, 0.25) is 0 Å². The van der Waals surface area contributed by atoms with Crippen LogP contribution in [0.1, 0.15) is 67.7 Å². The first kappa shape index (κ1) is 26.9. The van der Waals surface area contributed by atoms with Crippen LogP contribution in [0, 0.1) is 0 Å². The molecule has 3 rings (SSSR count). The van der Waals surface area contributed by atoms with E-state index in [9.17, 15) is 9.59 Å². The van der Waals surface area contributed by atoms with Crippen molar-refractivity contribution < 1.29 is 42.7 Å². The van der Waals surface area contributed by atoms with E-state index in [1.54, 1.807) is 13.8 Å². The summed E-state index contributed by atoms with van der Waals surface area (Å²) in [7, 11) is 0. The van der Waals surface area contributed by atoms with Crippen LogP contribution in [0.4, 0.5) is 0 Å². The maximum absolute atomic E-state index is 12.6. The molecular formula is C24H39NO9. The van der Waals surface area contributed by atoms with Crippen LogP contribution in [0.15, 0.2) is 11.8 Å². The fourth-order valence-corrected chi connectivity index (χ4v) is 4.63. The highest BCUT2D eigenvalue weighted by Crippen LogP contribution is 2.45. The van der Waals surface area contributed by atoms with Gasteiger partial charge in [0, 0.05) is 11.8 Å². The summed E-state index contributed by atoms with van der Waals surface area (Å²) in [5, 5.41) is 3.35. The molecule has 3 aliphatic rings. The maximum atomic E-state index is 12.6. The Balaban J connectivity index is 1.92. The second-order valence-corrected chi connectivity index (χ2v) is 9.57. The fourth-order valence-electron chi connectivity index (χ4n) is 4.63. The maximum Gasteiger partial charge on any atom is 0.332 e. The number of ether oxygens (including phenoxy) is 7. The molecule has 0 aromatic heterocycles. The highest BCUT2D eigenvalue weighted by Gasteiger charge is 2.62. The molecule has 3 heterocycles. The fraction of sp³-hybridized carbons (Fsp3) is 0.833. The standard InChI is InChI=1S/C24H39NO9/c1-8-11-14(12-16(26)28-9-2)25-15(13-17(27)29-10-3)18-19-20(32-23(4,5)31-19)21-22(30-18)34-24(6,7)33-21/h12,15,18-22,25H,8-11,13H2,1-7H3/b14-12+/t15?,18?,19-,20-,21+,22+/m0/s1. The average molecular weight is 486 g/mol. The van der Waals surface area contributed by atoms with Crippen molar-refractivity contribution in [1.29, 1.82) is 0 Å². The minimum Gasteiger partial charge on any atom is -0.466 e. The van der Waals surface area contributed by atoms with Gasteiger partial charge in [-0.15, -0.1) is 0 Å². The molecule has 10 heteroatoms. The Kier molecular flexibility index (Phi) is 8.62. The van der Waals surface area contributed by atoms with E-state index in [-0.39, 0.29) is 19.6 Å². The molecule has 0 aliphatic carbocycles. The minimum absolute atomic E-state index is 0.00294. The molecule has 0 amide bonds. The normalized spacial score (nSPS) is 32.4. The summed E-state index contributed by atoms with van der Waals surface area (Å²) in [4.78, 5) is 24.7. The Bertz CT molecular complexity index is 766.